The SMILES string of the molecule is CC(Nc1ncccc1N)c1ccc(Cl)cc1. The molecule has 0 saturated heterocycles. The van der Waals surface area contributed by atoms with Gasteiger partial charge in [-0.2, -0.15) is 0 Å². The standard InChI is InChI=1S/C13H14ClN3/c1-9(10-4-6-11(14)7-5-10)17-13-12(15)3-2-8-16-13/h2-9H,15H2,1H3,(H,16,17). The van der Waals surface area contributed by atoms with Gasteiger partial charge in [-0.1, -0.05) is 23.7 Å². The third-order valence-corrected chi connectivity index (χ3v) is 2.81. The first-order chi connectivity index (χ1) is 8.16. The summed E-state index contributed by atoms with van der Waals surface area (Å²) >= 11 is 5.85. The third-order valence-electron chi connectivity index (χ3n) is 2.56. The van der Waals surface area contributed by atoms with Gasteiger partial charge in [-0.25, -0.2) is 4.98 Å². The Morgan fingerprint density at radius 1 is 1.24 bits per heavy atom. The molecule has 1 unspecified atom stereocenters. The number of hydrogen-bond donors (Lipinski definition) is 2. The fraction of sp³-hybridized carbons (Fsp3) is 0.154. The smallest absolute Gasteiger partial charge is 0.149 e. The number of nitrogens with two attached hydrogens (primary N) is 1. The summed E-state index contributed by atoms with van der Waals surface area (Å²) in [5, 5.41) is 4.00. The van der Waals surface area contributed by atoms with Crippen molar-refractivity contribution in [2.75, 3.05) is 11.1 Å². The van der Waals surface area contributed by atoms with Gasteiger partial charge in [-0.05, 0) is 36.8 Å². The van der Waals surface area contributed by atoms with Gasteiger partial charge in [0.2, 0.25) is 0 Å². The predicted molar refractivity (Wildman–Crippen MR) is 72.1 cm³/mol. The number of rotatable bonds is 3. The fourth-order valence-electron chi connectivity index (χ4n) is 1.58. The number of nitrogens with one attached hydrogen (secondary N) is 1. The van der Waals surface area contributed by atoms with Crippen LogP contribution in [0.4, 0.5) is 11.5 Å². The molecule has 1 atom stereocenters. The molecule has 1 aromatic carbocycles. The van der Waals surface area contributed by atoms with Crippen molar-refractivity contribution in [1.29, 1.82) is 0 Å². The zero-order chi connectivity index (χ0) is 12.3. The van der Waals surface area contributed by atoms with E-state index in [-0.39, 0.29) is 6.04 Å². The Labute approximate surface area is 106 Å². The van der Waals surface area contributed by atoms with Gasteiger partial charge in [0.05, 0.1) is 11.7 Å². The molecule has 2 aromatic rings. The first-order valence-corrected chi connectivity index (χ1v) is 5.77. The number of benzene rings is 1. The highest BCUT2D eigenvalue weighted by atomic mass is 35.5. The average molecular weight is 248 g/mol. The number of hydrogen-bond acceptors (Lipinski definition) is 3. The molecule has 88 valence electrons. The van der Waals surface area contributed by atoms with E-state index in [1.165, 1.54) is 0 Å². The van der Waals surface area contributed by atoms with Crippen LogP contribution in [0.3, 0.4) is 0 Å². The monoisotopic (exact) mass is 247 g/mol. The molecule has 0 saturated carbocycles. The minimum atomic E-state index is 0.129. The summed E-state index contributed by atoms with van der Waals surface area (Å²) in [6.07, 6.45) is 1.72. The van der Waals surface area contributed by atoms with Crippen molar-refractivity contribution in [3.05, 3.63) is 53.2 Å². The molecule has 2 rings (SSSR count). The van der Waals surface area contributed by atoms with E-state index in [1.54, 1.807) is 6.20 Å². The van der Waals surface area contributed by atoms with Crippen molar-refractivity contribution in [1.82, 2.24) is 4.98 Å². The minimum Gasteiger partial charge on any atom is -0.396 e. The van der Waals surface area contributed by atoms with Crippen LogP contribution in [0.5, 0.6) is 0 Å². The van der Waals surface area contributed by atoms with Crippen molar-refractivity contribution in [2.24, 2.45) is 0 Å². The Morgan fingerprint density at radius 2 is 1.94 bits per heavy atom. The van der Waals surface area contributed by atoms with Gasteiger partial charge in [-0.15, -0.1) is 0 Å². The summed E-state index contributed by atoms with van der Waals surface area (Å²) in [5.41, 5.74) is 7.61. The summed E-state index contributed by atoms with van der Waals surface area (Å²) in [5.74, 6) is 0.704. The molecule has 0 radical (unpaired) electrons. The second-order valence-corrected chi connectivity index (χ2v) is 4.30. The molecule has 0 aliphatic rings. The van der Waals surface area contributed by atoms with E-state index >= 15 is 0 Å². The van der Waals surface area contributed by atoms with Gasteiger partial charge in [0, 0.05) is 11.2 Å². The van der Waals surface area contributed by atoms with Gasteiger partial charge in [0.15, 0.2) is 0 Å². The van der Waals surface area contributed by atoms with Crippen LogP contribution in [-0.2, 0) is 0 Å². The topological polar surface area (TPSA) is 50.9 Å². The van der Waals surface area contributed by atoms with Crippen LogP contribution in [0, 0.1) is 0 Å². The minimum absolute atomic E-state index is 0.129. The van der Waals surface area contributed by atoms with Crippen LogP contribution in [0.25, 0.3) is 0 Å². The van der Waals surface area contributed by atoms with Gasteiger partial charge in [0.25, 0.3) is 0 Å². The Kier molecular flexibility index (Phi) is 3.49. The molecule has 3 nitrogen and oxygen atoms in total. The van der Waals surface area contributed by atoms with Gasteiger partial charge in [-0.3, -0.25) is 0 Å². The predicted octanol–water partition coefficient (Wildman–Crippen LogP) is 3.49. The lowest BCUT2D eigenvalue weighted by molar-refractivity contribution is 0.876. The quantitative estimate of drug-likeness (QED) is 0.873. The summed E-state index contributed by atoms with van der Waals surface area (Å²) in [6, 6.07) is 11.5. The number of anilines is 2. The van der Waals surface area contributed by atoms with Gasteiger partial charge in [0.1, 0.15) is 5.82 Å². The van der Waals surface area contributed by atoms with Crippen LogP contribution in [0.2, 0.25) is 5.02 Å². The molecule has 0 aliphatic carbocycles. The molecule has 0 amide bonds. The first kappa shape index (κ1) is 11.7. The van der Waals surface area contributed by atoms with E-state index in [2.05, 4.69) is 17.2 Å². The maximum absolute atomic E-state index is 5.85. The molecule has 0 bridgehead atoms. The lowest BCUT2D eigenvalue weighted by Gasteiger charge is -2.16. The summed E-state index contributed by atoms with van der Waals surface area (Å²) in [6.45, 7) is 2.05. The largest absolute Gasteiger partial charge is 0.396 e. The average Bonchev–Trinajstić information content (AvgIpc) is 2.33. The van der Waals surface area contributed by atoms with Crippen LogP contribution < -0.4 is 11.1 Å². The number of nitrogens with zero attached hydrogens (tertiary/aromatic N) is 1. The zero-order valence-electron chi connectivity index (χ0n) is 9.52. The Balaban J connectivity index is 2.14. The number of aromatic nitrogens is 1. The van der Waals surface area contributed by atoms with Crippen LogP contribution >= 0.6 is 11.6 Å². The van der Waals surface area contributed by atoms with Gasteiger partial charge < -0.3 is 11.1 Å². The molecule has 1 heterocycles. The lowest BCUT2D eigenvalue weighted by atomic mass is 10.1. The van der Waals surface area contributed by atoms with Crippen molar-refractivity contribution >= 4 is 23.1 Å². The molecule has 1 aromatic heterocycles. The number of pyridine rings is 1. The molecule has 0 spiro atoms. The highest BCUT2D eigenvalue weighted by Gasteiger charge is 2.07. The van der Waals surface area contributed by atoms with Crippen LogP contribution in [0.15, 0.2) is 42.6 Å². The molecule has 4 heteroatoms. The van der Waals surface area contributed by atoms with Crippen molar-refractivity contribution in [2.45, 2.75) is 13.0 Å². The molecular formula is C13H14ClN3. The Morgan fingerprint density at radius 3 is 2.59 bits per heavy atom. The summed E-state index contributed by atoms with van der Waals surface area (Å²) in [7, 11) is 0. The maximum Gasteiger partial charge on any atom is 0.149 e. The molecular weight excluding hydrogens is 234 g/mol. The second kappa shape index (κ2) is 5.06. The maximum atomic E-state index is 5.85. The normalized spacial score (nSPS) is 12.1. The van der Waals surface area contributed by atoms with Crippen molar-refractivity contribution in [3.8, 4) is 0 Å². The molecule has 3 N–H and O–H groups in total. The zero-order valence-corrected chi connectivity index (χ0v) is 10.3. The van der Waals surface area contributed by atoms with Gasteiger partial charge >= 0.3 is 0 Å². The fourth-order valence-corrected chi connectivity index (χ4v) is 1.70. The van der Waals surface area contributed by atoms with E-state index in [9.17, 15) is 0 Å². The van der Waals surface area contributed by atoms with E-state index in [1.807, 2.05) is 36.4 Å². The number of halogens is 1. The van der Waals surface area contributed by atoms with Crippen LogP contribution in [-0.4, -0.2) is 4.98 Å². The summed E-state index contributed by atoms with van der Waals surface area (Å²) < 4.78 is 0. The number of nitrogen functional groups attached to an aromatic ring is 1. The molecule has 0 fully saturated rings. The van der Waals surface area contributed by atoms with E-state index in [4.69, 9.17) is 17.3 Å². The third kappa shape index (κ3) is 2.88. The van der Waals surface area contributed by atoms with Crippen molar-refractivity contribution in [3.63, 3.8) is 0 Å². The molecule has 17 heavy (non-hydrogen) atoms. The van der Waals surface area contributed by atoms with E-state index in [0.717, 1.165) is 10.6 Å². The van der Waals surface area contributed by atoms with E-state index < -0.39 is 0 Å². The Hall–Kier alpha value is -1.74. The van der Waals surface area contributed by atoms with E-state index in [0.29, 0.717) is 11.5 Å². The van der Waals surface area contributed by atoms with Crippen molar-refractivity contribution < 1.29 is 0 Å². The Bertz CT molecular complexity index is 496. The second-order valence-electron chi connectivity index (χ2n) is 3.86. The van der Waals surface area contributed by atoms with Crippen LogP contribution in [0.1, 0.15) is 18.5 Å². The summed E-state index contributed by atoms with van der Waals surface area (Å²) in [4.78, 5) is 4.20. The first-order valence-electron chi connectivity index (χ1n) is 5.39. The molecule has 0 aliphatic heterocycles. The highest BCUT2D eigenvalue weighted by Crippen LogP contribution is 2.22. The highest BCUT2D eigenvalue weighted by molar-refractivity contribution is 6.30. The lowest BCUT2D eigenvalue weighted by Crippen LogP contribution is -2.09.